The number of nitrogens with one attached hydrogen (secondary N) is 1. The summed E-state index contributed by atoms with van der Waals surface area (Å²) in [5.74, 6) is -1.06. The molecule has 4 amide bonds. The Bertz CT molecular complexity index is 601. The minimum atomic E-state index is -0.395. The Morgan fingerprint density at radius 2 is 1.77 bits per heavy atom. The highest BCUT2D eigenvalue weighted by Gasteiger charge is 2.18. The van der Waals surface area contributed by atoms with Crippen molar-refractivity contribution in [1.29, 1.82) is 0 Å². The first-order valence-electron chi connectivity index (χ1n) is 6.63. The van der Waals surface area contributed by atoms with Gasteiger partial charge in [0, 0.05) is 38.0 Å². The Hall–Kier alpha value is -2.15. The fraction of sp³-hybridized carbons (Fsp3) is 0.333. The lowest BCUT2D eigenvalue weighted by Crippen LogP contribution is -2.31. The Labute approximate surface area is 133 Å². The highest BCUT2D eigenvalue weighted by atomic mass is 32.2. The first kappa shape index (κ1) is 17.9. The molecule has 1 aromatic rings. The van der Waals surface area contributed by atoms with Gasteiger partial charge in [0.05, 0.1) is 5.56 Å². The van der Waals surface area contributed by atoms with Crippen LogP contribution in [-0.4, -0.2) is 41.3 Å². The molecule has 0 spiro atoms. The number of thioether (sulfide) groups is 1. The maximum Gasteiger partial charge on any atom is 0.261 e. The quantitative estimate of drug-likeness (QED) is 0.830. The Balaban J connectivity index is 2.72. The van der Waals surface area contributed by atoms with Crippen molar-refractivity contribution < 1.29 is 19.2 Å². The zero-order chi connectivity index (χ0) is 16.7. The van der Waals surface area contributed by atoms with Gasteiger partial charge in [0.1, 0.15) is 0 Å². The molecule has 0 aliphatic carbocycles. The van der Waals surface area contributed by atoms with Crippen molar-refractivity contribution in [2.45, 2.75) is 25.2 Å². The third-order valence-electron chi connectivity index (χ3n) is 2.80. The van der Waals surface area contributed by atoms with Crippen LogP contribution in [0.2, 0.25) is 0 Å². The smallest absolute Gasteiger partial charge is 0.261 e. The average Bonchev–Trinajstić information content (AvgIpc) is 2.45. The van der Waals surface area contributed by atoms with Gasteiger partial charge < -0.3 is 0 Å². The number of imide groups is 2. The van der Waals surface area contributed by atoms with Crippen LogP contribution in [-0.2, 0) is 14.4 Å². The molecular weight excluding hydrogens is 304 g/mol. The van der Waals surface area contributed by atoms with Crippen LogP contribution in [0.25, 0.3) is 0 Å². The van der Waals surface area contributed by atoms with Crippen LogP contribution in [0.15, 0.2) is 29.2 Å². The third kappa shape index (κ3) is 5.33. The number of benzene rings is 1. The molecule has 0 radical (unpaired) electrons. The summed E-state index contributed by atoms with van der Waals surface area (Å²) >= 11 is 1.33. The van der Waals surface area contributed by atoms with Gasteiger partial charge in [-0.25, -0.2) is 0 Å². The number of rotatable bonds is 5. The minimum absolute atomic E-state index is 0.162. The van der Waals surface area contributed by atoms with Gasteiger partial charge >= 0.3 is 0 Å². The minimum Gasteiger partial charge on any atom is -0.297 e. The fourth-order valence-corrected chi connectivity index (χ4v) is 2.60. The lowest BCUT2D eigenvalue weighted by atomic mass is 10.2. The number of nitrogens with zero attached hydrogens (tertiary/aromatic N) is 1. The fourth-order valence-electron chi connectivity index (χ4n) is 1.61. The molecule has 22 heavy (non-hydrogen) atoms. The zero-order valence-electron chi connectivity index (χ0n) is 12.7. The average molecular weight is 322 g/mol. The second kappa shape index (κ2) is 8.33. The molecule has 0 atom stereocenters. The van der Waals surface area contributed by atoms with Crippen LogP contribution in [0.3, 0.4) is 0 Å². The topological polar surface area (TPSA) is 83.6 Å². The van der Waals surface area contributed by atoms with Crippen molar-refractivity contribution in [3.05, 3.63) is 29.8 Å². The molecule has 0 aromatic heterocycles. The second-order valence-corrected chi connectivity index (χ2v) is 5.72. The van der Waals surface area contributed by atoms with Crippen molar-refractivity contribution in [2.75, 3.05) is 12.8 Å². The molecule has 1 rings (SSSR count). The summed E-state index contributed by atoms with van der Waals surface area (Å²) in [6, 6.07) is 6.89. The van der Waals surface area contributed by atoms with Gasteiger partial charge in [-0.1, -0.05) is 12.1 Å². The lowest BCUT2D eigenvalue weighted by molar-refractivity contribution is -0.129. The lowest BCUT2D eigenvalue weighted by Gasteiger charge is -2.15. The maximum atomic E-state index is 12.2. The summed E-state index contributed by atoms with van der Waals surface area (Å²) in [4.78, 5) is 47.4. The van der Waals surface area contributed by atoms with Gasteiger partial charge in [0.15, 0.2) is 0 Å². The van der Waals surface area contributed by atoms with E-state index in [2.05, 4.69) is 5.32 Å². The molecule has 7 heteroatoms. The van der Waals surface area contributed by atoms with Crippen molar-refractivity contribution in [3.63, 3.8) is 0 Å². The molecular formula is C15H18N2O4S. The Morgan fingerprint density at radius 3 is 2.36 bits per heavy atom. The van der Waals surface area contributed by atoms with E-state index >= 15 is 0 Å². The highest BCUT2D eigenvalue weighted by Crippen LogP contribution is 2.24. The van der Waals surface area contributed by atoms with Crippen LogP contribution < -0.4 is 5.32 Å². The largest absolute Gasteiger partial charge is 0.297 e. The van der Waals surface area contributed by atoms with E-state index in [1.807, 2.05) is 0 Å². The van der Waals surface area contributed by atoms with Crippen LogP contribution in [0, 0.1) is 0 Å². The van der Waals surface area contributed by atoms with Gasteiger partial charge in [-0.3, -0.25) is 29.4 Å². The molecule has 0 heterocycles. The van der Waals surface area contributed by atoms with Gasteiger partial charge in [0.25, 0.3) is 5.91 Å². The summed E-state index contributed by atoms with van der Waals surface area (Å²) in [6.07, 6.45) is 0.162. The normalized spacial score (nSPS) is 9.95. The number of amides is 4. The highest BCUT2D eigenvalue weighted by molar-refractivity contribution is 7.99. The van der Waals surface area contributed by atoms with E-state index in [0.717, 1.165) is 4.90 Å². The monoisotopic (exact) mass is 322 g/mol. The summed E-state index contributed by atoms with van der Waals surface area (Å²) in [5, 5.41) is 2.19. The first-order chi connectivity index (χ1) is 10.3. The van der Waals surface area contributed by atoms with Crippen molar-refractivity contribution in [3.8, 4) is 0 Å². The molecule has 1 N–H and O–H groups in total. The molecule has 0 fully saturated rings. The summed E-state index contributed by atoms with van der Waals surface area (Å²) in [7, 11) is 1.42. The Kier molecular flexibility index (Phi) is 6.78. The van der Waals surface area contributed by atoms with Gasteiger partial charge in [-0.05, 0) is 12.1 Å². The predicted octanol–water partition coefficient (Wildman–Crippen LogP) is 1.45. The molecule has 0 bridgehead atoms. The molecule has 0 saturated carbocycles. The number of carbonyl (C=O) groups excluding carboxylic acids is 4. The molecule has 0 aliphatic heterocycles. The standard InChI is InChI=1S/C15H18N2O4S/c1-10(18)16-14(20)8-9-22-13-7-5-4-6-12(13)15(21)17(3)11(2)19/h4-7H,8-9H2,1-3H3,(H,16,18,20). The molecule has 0 unspecified atom stereocenters. The van der Waals surface area contributed by atoms with E-state index in [1.165, 1.54) is 32.7 Å². The molecule has 1 aromatic carbocycles. The van der Waals surface area contributed by atoms with E-state index < -0.39 is 5.91 Å². The van der Waals surface area contributed by atoms with Gasteiger partial charge in [-0.15, -0.1) is 11.8 Å². The van der Waals surface area contributed by atoms with Crippen LogP contribution in [0.1, 0.15) is 30.6 Å². The molecule has 0 saturated heterocycles. The van der Waals surface area contributed by atoms with E-state index in [-0.39, 0.29) is 24.1 Å². The summed E-state index contributed by atoms with van der Waals surface area (Å²) < 4.78 is 0. The van der Waals surface area contributed by atoms with Crippen LogP contribution in [0.4, 0.5) is 0 Å². The summed E-state index contributed by atoms with van der Waals surface area (Å²) in [5.41, 5.74) is 0.414. The first-order valence-corrected chi connectivity index (χ1v) is 7.62. The zero-order valence-corrected chi connectivity index (χ0v) is 13.5. The SMILES string of the molecule is CC(=O)NC(=O)CCSc1ccccc1C(=O)N(C)C(C)=O. The van der Waals surface area contributed by atoms with E-state index in [9.17, 15) is 19.2 Å². The van der Waals surface area contributed by atoms with Gasteiger partial charge in [0.2, 0.25) is 17.7 Å². The number of carbonyl (C=O) groups is 4. The third-order valence-corrected chi connectivity index (χ3v) is 3.87. The Morgan fingerprint density at radius 1 is 1.14 bits per heavy atom. The number of hydrogen-bond donors (Lipinski definition) is 1. The van der Waals surface area contributed by atoms with Crippen molar-refractivity contribution in [2.24, 2.45) is 0 Å². The molecule has 118 valence electrons. The number of hydrogen-bond acceptors (Lipinski definition) is 5. The van der Waals surface area contributed by atoms with Crippen molar-refractivity contribution >= 4 is 35.4 Å². The van der Waals surface area contributed by atoms with E-state index in [4.69, 9.17) is 0 Å². The molecule has 6 nitrogen and oxygen atoms in total. The van der Waals surface area contributed by atoms with Crippen molar-refractivity contribution in [1.82, 2.24) is 10.2 Å². The second-order valence-electron chi connectivity index (χ2n) is 4.58. The van der Waals surface area contributed by atoms with Crippen LogP contribution in [0.5, 0.6) is 0 Å². The van der Waals surface area contributed by atoms with Crippen LogP contribution >= 0.6 is 11.8 Å². The predicted molar refractivity (Wildman–Crippen MR) is 83.4 cm³/mol. The van der Waals surface area contributed by atoms with E-state index in [0.29, 0.717) is 16.2 Å². The van der Waals surface area contributed by atoms with E-state index in [1.54, 1.807) is 24.3 Å². The maximum absolute atomic E-state index is 12.2. The van der Waals surface area contributed by atoms with Gasteiger partial charge in [-0.2, -0.15) is 0 Å². The summed E-state index contributed by atoms with van der Waals surface area (Å²) in [6.45, 7) is 2.59. The molecule has 0 aliphatic rings.